The zero-order valence-electron chi connectivity index (χ0n) is 19.3. The minimum Gasteiger partial charge on any atom is -0.493 e. The van der Waals surface area contributed by atoms with Crippen molar-refractivity contribution in [3.8, 4) is 23.3 Å². The number of aliphatic hydroxyl groups is 1. The molecule has 2 aromatic rings. The normalized spacial score (nSPS) is 11.4. The maximum Gasteiger partial charge on any atom is 0.262 e. The molecule has 33 heavy (non-hydrogen) atoms. The lowest BCUT2D eigenvalue weighted by atomic mass is 9.97. The molecule has 1 amide bonds. The number of nitrogen functional groups attached to an aromatic ring is 1. The largest absolute Gasteiger partial charge is 0.493 e. The van der Waals surface area contributed by atoms with Gasteiger partial charge in [0.15, 0.2) is 11.5 Å². The number of nitrogens with one attached hydrogen (secondary N) is 2. The van der Waals surface area contributed by atoms with E-state index in [2.05, 4.69) is 5.32 Å². The highest BCUT2D eigenvalue weighted by molar-refractivity contribution is 6.14. The van der Waals surface area contributed by atoms with Crippen LogP contribution >= 0.6 is 0 Å². The minimum absolute atomic E-state index is 0.0892. The molecule has 0 spiro atoms. The molecule has 0 unspecified atom stereocenters. The molecule has 0 fully saturated rings. The van der Waals surface area contributed by atoms with Crippen LogP contribution in [0.3, 0.4) is 0 Å². The highest BCUT2D eigenvalue weighted by atomic mass is 16.5. The van der Waals surface area contributed by atoms with Gasteiger partial charge in [0.05, 0.1) is 39.2 Å². The lowest BCUT2D eigenvalue weighted by molar-refractivity contribution is -0.119. The predicted octanol–water partition coefficient (Wildman–Crippen LogP) is 2.50. The molecule has 5 N–H and O–H groups in total. The number of aliphatic hydroxyl groups excluding tert-OH is 1. The molecule has 0 bridgehead atoms. The Balaban J connectivity index is 2.49. The molecule has 0 saturated heterocycles. The fraction of sp³-hybridized carbons (Fsp3) is 0.292. The van der Waals surface area contributed by atoms with Gasteiger partial charge in [-0.2, -0.15) is 5.26 Å². The van der Waals surface area contributed by atoms with E-state index in [0.717, 1.165) is 0 Å². The Morgan fingerprint density at radius 3 is 2.27 bits per heavy atom. The Kier molecular flexibility index (Phi) is 8.05. The second-order valence-electron chi connectivity index (χ2n) is 7.80. The number of methoxy groups -OCH3 is 3. The summed E-state index contributed by atoms with van der Waals surface area (Å²) in [4.78, 5) is 12.4. The van der Waals surface area contributed by atoms with Crippen LogP contribution in [0.15, 0.2) is 35.9 Å². The van der Waals surface area contributed by atoms with Gasteiger partial charge < -0.3 is 30.4 Å². The molecule has 0 saturated carbocycles. The summed E-state index contributed by atoms with van der Waals surface area (Å²) in [6, 6.07) is 9.99. The Morgan fingerprint density at radius 1 is 1.18 bits per heavy atom. The maximum atomic E-state index is 12.4. The third-order valence-corrected chi connectivity index (χ3v) is 4.82. The highest BCUT2D eigenvalue weighted by Gasteiger charge is 2.22. The number of nitrogens with two attached hydrogens (primary N) is 1. The van der Waals surface area contributed by atoms with Crippen LogP contribution in [0.1, 0.15) is 30.5 Å². The predicted molar refractivity (Wildman–Crippen MR) is 126 cm³/mol. The number of carbonyl (C=O) groups is 1. The van der Waals surface area contributed by atoms with Crippen LogP contribution in [0.2, 0.25) is 0 Å². The summed E-state index contributed by atoms with van der Waals surface area (Å²) < 4.78 is 16.0. The van der Waals surface area contributed by atoms with Crippen LogP contribution < -0.4 is 25.3 Å². The van der Waals surface area contributed by atoms with Gasteiger partial charge in [-0.1, -0.05) is 6.07 Å². The standard InChI is InChI=1S/C24H28N4O5/c1-24(2,13-29)28-23(30)16(12-25)8-14-6-7-18(26)17(9-14)21(27)15-10-19(31-3)22(33-5)20(11-15)32-4/h6-11,27,29H,13,26H2,1-5H3,(H,28,30)/b16-8+,27-21?. The quantitative estimate of drug-likeness (QED) is 0.197. The van der Waals surface area contributed by atoms with Gasteiger partial charge in [0.1, 0.15) is 11.6 Å². The van der Waals surface area contributed by atoms with Crippen molar-refractivity contribution in [1.82, 2.24) is 5.32 Å². The molecule has 2 rings (SSSR count). The smallest absolute Gasteiger partial charge is 0.262 e. The van der Waals surface area contributed by atoms with Crippen molar-refractivity contribution in [2.75, 3.05) is 33.7 Å². The SMILES string of the molecule is COc1cc(C(=N)c2cc(/C=C(\C#N)C(=O)NC(C)(C)CO)ccc2N)cc(OC)c1OC. The van der Waals surface area contributed by atoms with E-state index in [4.69, 9.17) is 25.4 Å². The molecular formula is C24H28N4O5. The fourth-order valence-electron chi connectivity index (χ4n) is 2.99. The van der Waals surface area contributed by atoms with Crippen molar-refractivity contribution in [2.45, 2.75) is 19.4 Å². The third-order valence-electron chi connectivity index (χ3n) is 4.82. The van der Waals surface area contributed by atoms with Gasteiger partial charge in [0.25, 0.3) is 5.91 Å². The number of ether oxygens (including phenoxy) is 3. The van der Waals surface area contributed by atoms with Gasteiger partial charge in [-0.25, -0.2) is 0 Å². The van der Waals surface area contributed by atoms with E-state index in [-0.39, 0.29) is 17.9 Å². The van der Waals surface area contributed by atoms with Crippen LogP contribution in [0.5, 0.6) is 17.2 Å². The first-order chi connectivity index (χ1) is 15.6. The van der Waals surface area contributed by atoms with Crippen LogP contribution in [-0.2, 0) is 4.79 Å². The number of nitriles is 1. The lowest BCUT2D eigenvalue weighted by Crippen LogP contribution is -2.46. The summed E-state index contributed by atoms with van der Waals surface area (Å²) in [6.07, 6.45) is 1.40. The Labute approximate surface area is 192 Å². The van der Waals surface area contributed by atoms with Crippen LogP contribution in [0.4, 0.5) is 5.69 Å². The topological polar surface area (TPSA) is 151 Å². The average Bonchev–Trinajstić information content (AvgIpc) is 2.81. The second-order valence-corrected chi connectivity index (χ2v) is 7.80. The number of rotatable bonds is 9. The van der Waals surface area contributed by atoms with Crippen molar-refractivity contribution >= 4 is 23.4 Å². The van der Waals surface area contributed by atoms with E-state index in [9.17, 15) is 15.2 Å². The van der Waals surface area contributed by atoms with Gasteiger partial charge in [0, 0.05) is 16.8 Å². The first-order valence-corrected chi connectivity index (χ1v) is 9.94. The zero-order valence-corrected chi connectivity index (χ0v) is 19.3. The second kappa shape index (κ2) is 10.5. The van der Waals surface area contributed by atoms with Gasteiger partial charge >= 0.3 is 0 Å². The molecule has 0 aromatic heterocycles. The molecule has 0 radical (unpaired) electrons. The third kappa shape index (κ3) is 5.81. The average molecular weight is 453 g/mol. The summed E-state index contributed by atoms with van der Waals surface area (Å²) in [7, 11) is 4.46. The van der Waals surface area contributed by atoms with Crippen LogP contribution in [-0.4, -0.2) is 50.2 Å². The molecule has 0 aliphatic carbocycles. The summed E-state index contributed by atoms with van der Waals surface area (Å²) in [6.45, 7) is 3.00. The summed E-state index contributed by atoms with van der Waals surface area (Å²) >= 11 is 0. The highest BCUT2D eigenvalue weighted by Crippen LogP contribution is 2.39. The molecule has 0 aliphatic rings. The van der Waals surface area contributed by atoms with Gasteiger partial charge in [-0.3, -0.25) is 10.2 Å². The molecule has 2 aromatic carbocycles. The van der Waals surface area contributed by atoms with E-state index in [1.807, 2.05) is 6.07 Å². The number of nitrogens with zero attached hydrogens (tertiary/aromatic N) is 1. The Bertz CT molecular complexity index is 1110. The minimum atomic E-state index is -0.881. The van der Waals surface area contributed by atoms with Gasteiger partial charge in [-0.15, -0.1) is 0 Å². The molecule has 0 heterocycles. The van der Waals surface area contributed by atoms with Gasteiger partial charge in [-0.05, 0) is 49.8 Å². The van der Waals surface area contributed by atoms with E-state index in [1.165, 1.54) is 27.4 Å². The van der Waals surface area contributed by atoms with Crippen molar-refractivity contribution < 1.29 is 24.1 Å². The van der Waals surface area contributed by atoms with E-state index in [1.54, 1.807) is 44.2 Å². The fourth-order valence-corrected chi connectivity index (χ4v) is 2.99. The summed E-state index contributed by atoms with van der Waals surface area (Å²) in [5, 5.41) is 30.1. The zero-order chi connectivity index (χ0) is 24.8. The van der Waals surface area contributed by atoms with Crippen molar-refractivity contribution in [2.24, 2.45) is 0 Å². The Morgan fingerprint density at radius 2 is 1.79 bits per heavy atom. The summed E-state index contributed by atoms with van der Waals surface area (Å²) in [5.41, 5.74) is 6.90. The van der Waals surface area contributed by atoms with E-state index >= 15 is 0 Å². The number of carbonyl (C=O) groups excluding carboxylic acids is 1. The number of benzene rings is 2. The monoisotopic (exact) mass is 452 g/mol. The van der Waals surface area contributed by atoms with Crippen LogP contribution in [0.25, 0.3) is 6.08 Å². The molecular weight excluding hydrogens is 424 g/mol. The number of amides is 1. The van der Waals surface area contributed by atoms with Crippen molar-refractivity contribution in [1.29, 1.82) is 10.7 Å². The Hall–Kier alpha value is -4.03. The molecule has 0 aliphatic heterocycles. The first kappa shape index (κ1) is 25.2. The van der Waals surface area contributed by atoms with Crippen molar-refractivity contribution in [3.05, 3.63) is 52.6 Å². The van der Waals surface area contributed by atoms with Crippen molar-refractivity contribution in [3.63, 3.8) is 0 Å². The summed E-state index contributed by atoms with van der Waals surface area (Å²) in [5.74, 6) is 0.564. The molecule has 9 heteroatoms. The number of hydrogen-bond donors (Lipinski definition) is 4. The van der Waals surface area contributed by atoms with Crippen LogP contribution in [0, 0.1) is 16.7 Å². The van der Waals surface area contributed by atoms with Gasteiger partial charge in [0.2, 0.25) is 5.75 Å². The number of hydrogen-bond acceptors (Lipinski definition) is 8. The molecule has 0 atom stereocenters. The molecule has 9 nitrogen and oxygen atoms in total. The lowest BCUT2D eigenvalue weighted by Gasteiger charge is -2.23. The van der Waals surface area contributed by atoms with E-state index in [0.29, 0.717) is 39.6 Å². The number of anilines is 1. The molecule has 174 valence electrons. The maximum absolute atomic E-state index is 12.4. The van der Waals surface area contributed by atoms with E-state index < -0.39 is 11.4 Å². The first-order valence-electron chi connectivity index (χ1n) is 9.94.